The van der Waals surface area contributed by atoms with Gasteiger partial charge in [-0.3, -0.25) is 5.32 Å². The summed E-state index contributed by atoms with van der Waals surface area (Å²) < 4.78 is 0.561. The highest BCUT2D eigenvalue weighted by atomic mass is 35.5. The van der Waals surface area contributed by atoms with Crippen molar-refractivity contribution in [3.05, 3.63) is 10.5 Å². The Morgan fingerprint density at radius 3 is 3.08 bits per heavy atom. The Balaban J connectivity index is 2.36. The number of carbonyl (C=O) groups excluding carboxylic acids is 1. The Kier molecular flexibility index (Phi) is 3.98. The molecule has 1 aromatic rings. The highest BCUT2D eigenvalue weighted by Gasteiger charge is 2.03. The molecule has 2 amide bonds. The molecule has 0 spiro atoms. The number of amides is 2. The standard InChI is InChI=1S/C7H10ClN3OS/c1-2-3-9-6(12)11-7-10-4-5(8)13-7/h4H,2-3H2,1H3,(H2,9,10,11,12). The van der Waals surface area contributed by atoms with Gasteiger partial charge >= 0.3 is 6.03 Å². The number of nitrogens with one attached hydrogen (secondary N) is 2. The first-order valence-corrected chi connectivity index (χ1v) is 5.08. The first kappa shape index (κ1) is 10.3. The van der Waals surface area contributed by atoms with E-state index in [1.165, 1.54) is 17.5 Å². The molecule has 72 valence electrons. The summed E-state index contributed by atoms with van der Waals surface area (Å²) in [7, 11) is 0. The number of halogens is 1. The normalized spacial score (nSPS) is 9.69. The lowest BCUT2D eigenvalue weighted by Crippen LogP contribution is -2.29. The van der Waals surface area contributed by atoms with Crippen LogP contribution in [0.2, 0.25) is 4.34 Å². The molecule has 0 aliphatic heterocycles. The fourth-order valence-electron chi connectivity index (χ4n) is 0.692. The minimum absolute atomic E-state index is 0.243. The molecular weight excluding hydrogens is 210 g/mol. The summed E-state index contributed by atoms with van der Waals surface area (Å²) >= 11 is 6.86. The van der Waals surface area contributed by atoms with Crippen LogP contribution >= 0.6 is 22.9 Å². The summed E-state index contributed by atoms with van der Waals surface area (Å²) in [6.07, 6.45) is 2.41. The minimum atomic E-state index is -0.243. The highest BCUT2D eigenvalue weighted by molar-refractivity contribution is 7.19. The van der Waals surface area contributed by atoms with Crippen LogP contribution in [-0.2, 0) is 0 Å². The zero-order valence-corrected chi connectivity index (χ0v) is 8.71. The summed E-state index contributed by atoms with van der Waals surface area (Å²) in [5.41, 5.74) is 0. The van der Waals surface area contributed by atoms with Crippen molar-refractivity contribution >= 4 is 34.1 Å². The molecule has 0 unspecified atom stereocenters. The van der Waals surface area contributed by atoms with Crippen LogP contribution in [-0.4, -0.2) is 17.6 Å². The average molecular weight is 220 g/mol. The number of anilines is 1. The van der Waals surface area contributed by atoms with Gasteiger partial charge in [-0.15, -0.1) is 0 Å². The van der Waals surface area contributed by atoms with Crippen molar-refractivity contribution in [2.45, 2.75) is 13.3 Å². The van der Waals surface area contributed by atoms with Crippen LogP contribution in [0, 0.1) is 0 Å². The molecular formula is C7H10ClN3OS. The van der Waals surface area contributed by atoms with Gasteiger partial charge in [0, 0.05) is 6.54 Å². The predicted molar refractivity (Wildman–Crippen MR) is 54.4 cm³/mol. The van der Waals surface area contributed by atoms with Crippen molar-refractivity contribution in [1.82, 2.24) is 10.3 Å². The topological polar surface area (TPSA) is 54.0 Å². The number of nitrogens with zero attached hydrogens (tertiary/aromatic N) is 1. The van der Waals surface area contributed by atoms with Gasteiger partial charge in [-0.25, -0.2) is 9.78 Å². The van der Waals surface area contributed by atoms with Gasteiger partial charge in [0.05, 0.1) is 6.20 Å². The number of hydrogen-bond acceptors (Lipinski definition) is 3. The average Bonchev–Trinajstić information content (AvgIpc) is 2.48. The van der Waals surface area contributed by atoms with E-state index < -0.39 is 0 Å². The SMILES string of the molecule is CCCNC(=O)Nc1ncc(Cl)s1. The van der Waals surface area contributed by atoms with E-state index in [0.717, 1.165) is 6.42 Å². The van der Waals surface area contributed by atoms with E-state index in [4.69, 9.17) is 11.6 Å². The quantitative estimate of drug-likeness (QED) is 0.820. The fraction of sp³-hybridized carbons (Fsp3) is 0.429. The molecule has 0 bridgehead atoms. The monoisotopic (exact) mass is 219 g/mol. The van der Waals surface area contributed by atoms with Crippen molar-refractivity contribution in [2.24, 2.45) is 0 Å². The summed E-state index contributed by atoms with van der Waals surface area (Å²) in [6.45, 7) is 2.64. The molecule has 0 aromatic carbocycles. The fourth-order valence-corrected chi connectivity index (χ4v) is 1.50. The summed E-state index contributed by atoms with van der Waals surface area (Å²) in [6, 6.07) is -0.243. The third-order valence-electron chi connectivity index (χ3n) is 1.23. The zero-order chi connectivity index (χ0) is 9.68. The second-order valence-electron chi connectivity index (χ2n) is 2.35. The maximum absolute atomic E-state index is 11.1. The molecule has 0 atom stereocenters. The molecule has 0 saturated carbocycles. The maximum atomic E-state index is 11.1. The molecule has 13 heavy (non-hydrogen) atoms. The molecule has 6 heteroatoms. The van der Waals surface area contributed by atoms with Gasteiger partial charge in [0.2, 0.25) is 0 Å². The van der Waals surface area contributed by atoms with Crippen LogP contribution in [0.15, 0.2) is 6.20 Å². The van der Waals surface area contributed by atoms with Gasteiger partial charge in [0.1, 0.15) is 4.34 Å². The molecule has 1 heterocycles. The molecule has 0 saturated heterocycles. The largest absolute Gasteiger partial charge is 0.338 e. The van der Waals surface area contributed by atoms with E-state index >= 15 is 0 Å². The van der Waals surface area contributed by atoms with E-state index in [1.807, 2.05) is 6.92 Å². The second kappa shape index (κ2) is 5.04. The van der Waals surface area contributed by atoms with Crippen LogP contribution in [0.3, 0.4) is 0 Å². The van der Waals surface area contributed by atoms with E-state index in [-0.39, 0.29) is 6.03 Å². The van der Waals surface area contributed by atoms with Crippen LogP contribution in [0.1, 0.15) is 13.3 Å². The highest BCUT2D eigenvalue weighted by Crippen LogP contribution is 2.22. The number of hydrogen-bond donors (Lipinski definition) is 2. The number of rotatable bonds is 3. The molecule has 0 fully saturated rings. The zero-order valence-electron chi connectivity index (χ0n) is 7.13. The molecule has 2 N–H and O–H groups in total. The van der Waals surface area contributed by atoms with Crippen molar-refractivity contribution in [1.29, 1.82) is 0 Å². The lowest BCUT2D eigenvalue weighted by Gasteiger charge is -2.02. The van der Waals surface area contributed by atoms with Crippen LogP contribution in [0.4, 0.5) is 9.93 Å². The summed E-state index contributed by atoms with van der Waals surface area (Å²) in [5.74, 6) is 0. The number of thiazole rings is 1. The molecule has 0 aliphatic rings. The number of carbonyl (C=O) groups is 1. The minimum Gasteiger partial charge on any atom is -0.338 e. The van der Waals surface area contributed by atoms with Crippen molar-refractivity contribution in [3.63, 3.8) is 0 Å². The van der Waals surface area contributed by atoms with E-state index in [1.54, 1.807) is 0 Å². The Morgan fingerprint density at radius 2 is 2.54 bits per heavy atom. The lowest BCUT2D eigenvalue weighted by atomic mass is 10.5. The lowest BCUT2D eigenvalue weighted by molar-refractivity contribution is 0.252. The van der Waals surface area contributed by atoms with Gasteiger partial charge < -0.3 is 5.32 Å². The number of urea groups is 1. The van der Waals surface area contributed by atoms with Gasteiger partial charge in [-0.2, -0.15) is 0 Å². The smallest absolute Gasteiger partial charge is 0.321 e. The van der Waals surface area contributed by atoms with Crippen LogP contribution < -0.4 is 10.6 Å². The molecule has 1 aromatic heterocycles. The van der Waals surface area contributed by atoms with Crippen molar-refractivity contribution in [3.8, 4) is 0 Å². The third-order valence-corrected chi connectivity index (χ3v) is 2.26. The Morgan fingerprint density at radius 1 is 1.77 bits per heavy atom. The third kappa shape index (κ3) is 3.61. The number of aromatic nitrogens is 1. The van der Waals surface area contributed by atoms with E-state index in [0.29, 0.717) is 16.0 Å². The van der Waals surface area contributed by atoms with E-state index in [9.17, 15) is 4.79 Å². The Bertz CT molecular complexity index is 289. The van der Waals surface area contributed by atoms with E-state index in [2.05, 4.69) is 15.6 Å². The second-order valence-corrected chi connectivity index (χ2v) is 4.01. The molecule has 0 radical (unpaired) electrons. The van der Waals surface area contributed by atoms with Gasteiger partial charge in [0.15, 0.2) is 5.13 Å². The van der Waals surface area contributed by atoms with Gasteiger partial charge in [-0.05, 0) is 6.42 Å². The van der Waals surface area contributed by atoms with Gasteiger partial charge in [-0.1, -0.05) is 29.9 Å². The maximum Gasteiger partial charge on any atom is 0.321 e. The Labute approximate surface area is 85.3 Å². The first-order valence-electron chi connectivity index (χ1n) is 3.88. The molecule has 1 rings (SSSR count). The predicted octanol–water partition coefficient (Wildman–Crippen LogP) is 2.33. The molecule has 4 nitrogen and oxygen atoms in total. The molecule has 0 aliphatic carbocycles. The van der Waals surface area contributed by atoms with Gasteiger partial charge in [0.25, 0.3) is 0 Å². The Hall–Kier alpha value is -0.810. The summed E-state index contributed by atoms with van der Waals surface area (Å²) in [4.78, 5) is 15.0. The van der Waals surface area contributed by atoms with Crippen molar-refractivity contribution < 1.29 is 4.79 Å². The van der Waals surface area contributed by atoms with Crippen LogP contribution in [0.25, 0.3) is 0 Å². The first-order chi connectivity index (χ1) is 6.22. The van der Waals surface area contributed by atoms with Crippen LogP contribution in [0.5, 0.6) is 0 Å². The van der Waals surface area contributed by atoms with Crippen molar-refractivity contribution in [2.75, 3.05) is 11.9 Å². The summed E-state index contributed by atoms with van der Waals surface area (Å²) in [5, 5.41) is 5.75.